The number of ether oxygens (including phenoxy) is 1. The van der Waals surface area contributed by atoms with E-state index in [9.17, 15) is 18.0 Å². The van der Waals surface area contributed by atoms with Gasteiger partial charge in [0.15, 0.2) is 0 Å². The highest BCUT2D eigenvalue weighted by atomic mass is 19.4. The fourth-order valence-corrected chi connectivity index (χ4v) is 4.55. The number of amides is 1. The number of hydrogen-bond donors (Lipinski definition) is 1. The summed E-state index contributed by atoms with van der Waals surface area (Å²) in [5, 5.41) is 3.37. The molecule has 7 nitrogen and oxygen atoms in total. The van der Waals surface area contributed by atoms with Crippen LogP contribution in [0.5, 0.6) is 0 Å². The third-order valence-corrected chi connectivity index (χ3v) is 6.55. The van der Waals surface area contributed by atoms with Gasteiger partial charge in [-0.05, 0) is 63.8 Å². The van der Waals surface area contributed by atoms with E-state index in [1.807, 2.05) is 32.9 Å². The number of likely N-dealkylation sites (tertiary alicyclic amines) is 1. The predicted octanol–water partition coefficient (Wildman–Crippen LogP) is 5.41. The van der Waals surface area contributed by atoms with E-state index in [-0.39, 0.29) is 30.5 Å². The third-order valence-electron chi connectivity index (χ3n) is 6.55. The molecular formula is C25H28F3N5O2. The van der Waals surface area contributed by atoms with Gasteiger partial charge in [-0.2, -0.15) is 13.2 Å². The molecule has 4 heterocycles. The zero-order chi connectivity index (χ0) is 25.0. The zero-order valence-electron chi connectivity index (χ0n) is 19.9. The van der Waals surface area contributed by atoms with Gasteiger partial charge in [0.25, 0.3) is 0 Å². The van der Waals surface area contributed by atoms with E-state index < -0.39 is 17.2 Å². The van der Waals surface area contributed by atoms with Crippen LogP contribution in [-0.2, 0) is 10.2 Å². The van der Waals surface area contributed by atoms with E-state index >= 15 is 0 Å². The number of carbonyl (C=O) groups excluding carboxylic acids is 1. The first-order valence-corrected chi connectivity index (χ1v) is 11.7. The van der Waals surface area contributed by atoms with Crippen LogP contribution in [0.2, 0.25) is 0 Å². The van der Waals surface area contributed by atoms with Gasteiger partial charge in [-0.25, -0.2) is 14.8 Å². The molecular weight excluding hydrogens is 459 g/mol. The van der Waals surface area contributed by atoms with Crippen molar-refractivity contribution in [1.29, 1.82) is 0 Å². The van der Waals surface area contributed by atoms with Gasteiger partial charge in [0.2, 0.25) is 0 Å². The molecule has 1 aliphatic heterocycles. The normalized spacial score (nSPS) is 19.7. The van der Waals surface area contributed by atoms with Gasteiger partial charge in [-0.1, -0.05) is 12.1 Å². The zero-order valence-corrected chi connectivity index (χ0v) is 19.9. The molecule has 1 saturated carbocycles. The molecule has 0 bridgehead atoms. The summed E-state index contributed by atoms with van der Waals surface area (Å²) in [6, 6.07) is 8.63. The van der Waals surface area contributed by atoms with E-state index in [2.05, 4.69) is 15.3 Å². The highest BCUT2D eigenvalue weighted by Crippen LogP contribution is 2.58. The maximum absolute atomic E-state index is 13.7. The van der Waals surface area contributed by atoms with E-state index in [0.717, 1.165) is 6.42 Å². The molecule has 0 radical (unpaired) electrons. The fraction of sp³-hybridized carbons (Fsp3) is 0.480. The largest absolute Gasteiger partial charge is 0.444 e. The Balaban J connectivity index is 1.35. The number of imidazole rings is 1. The Morgan fingerprint density at radius 3 is 2.63 bits per heavy atom. The van der Waals surface area contributed by atoms with Crippen molar-refractivity contribution in [2.75, 3.05) is 18.4 Å². The molecule has 2 aliphatic rings. The minimum Gasteiger partial charge on any atom is -0.444 e. The highest BCUT2D eigenvalue weighted by molar-refractivity contribution is 5.69. The van der Waals surface area contributed by atoms with Crippen LogP contribution in [0.1, 0.15) is 45.6 Å². The smallest absolute Gasteiger partial charge is 0.410 e. The minimum atomic E-state index is -4.28. The average molecular weight is 488 g/mol. The number of nitrogens with one attached hydrogen (secondary N) is 1. The number of rotatable bonds is 4. The van der Waals surface area contributed by atoms with Gasteiger partial charge in [0.05, 0.1) is 23.0 Å². The van der Waals surface area contributed by atoms with E-state index in [0.29, 0.717) is 35.9 Å². The molecule has 1 saturated heterocycles. The van der Waals surface area contributed by atoms with Crippen LogP contribution in [0.3, 0.4) is 0 Å². The average Bonchev–Trinajstić information content (AvgIpc) is 3.29. The van der Waals surface area contributed by atoms with Crippen molar-refractivity contribution in [1.82, 2.24) is 19.3 Å². The summed E-state index contributed by atoms with van der Waals surface area (Å²) in [5.74, 6) is 0.624. The Morgan fingerprint density at radius 2 is 1.94 bits per heavy atom. The lowest BCUT2D eigenvalue weighted by Crippen LogP contribution is -2.36. The molecule has 0 spiro atoms. The van der Waals surface area contributed by atoms with E-state index in [1.165, 1.54) is 12.3 Å². The topological polar surface area (TPSA) is 71.8 Å². The van der Waals surface area contributed by atoms with Crippen LogP contribution in [-0.4, -0.2) is 56.3 Å². The van der Waals surface area contributed by atoms with Crippen LogP contribution < -0.4 is 5.32 Å². The van der Waals surface area contributed by atoms with Gasteiger partial charge in [0.1, 0.15) is 17.1 Å². The maximum atomic E-state index is 13.7. The molecule has 1 atom stereocenters. The lowest BCUT2D eigenvalue weighted by atomic mass is 9.97. The number of carbonyl (C=O) groups is 1. The third kappa shape index (κ3) is 4.53. The summed E-state index contributed by atoms with van der Waals surface area (Å²) >= 11 is 0. The molecule has 186 valence electrons. The molecule has 0 aromatic carbocycles. The number of hydrogen-bond acceptors (Lipinski definition) is 5. The lowest BCUT2D eigenvalue weighted by molar-refractivity contribution is -0.160. The predicted molar refractivity (Wildman–Crippen MR) is 125 cm³/mol. The summed E-state index contributed by atoms with van der Waals surface area (Å²) in [6.07, 6.45) is -0.496. The molecule has 1 N–H and O–H groups in total. The van der Waals surface area contributed by atoms with Crippen molar-refractivity contribution in [3.8, 4) is 11.4 Å². The SMILES string of the molecule is CC(C)(C)OC(=O)N1CCC(Nc2cccc(-c3cnc4ccc(C5(C(F)(F)F)CC5)cn34)n2)C1. The van der Waals surface area contributed by atoms with Gasteiger partial charge in [-0.15, -0.1) is 0 Å². The number of pyridine rings is 2. The first kappa shape index (κ1) is 23.4. The van der Waals surface area contributed by atoms with Crippen molar-refractivity contribution in [2.24, 2.45) is 0 Å². The Bertz CT molecular complexity index is 1260. The quantitative estimate of drug-likeness (QED) is 0.533. The fourth-order valence-electron chi connectivity index (χ4n) is 4.55. The molecule has 1 unspecified atom stereocenters. The first-order chi connectivity index (χ1) is 16.5. The monoisotopic (exact) mass is 487 g/mol. The molecule has 10 heteroatoms. The summed E-state index contributed by atoms with van der Waals surface area (Å²) in [6.45, 7) is 6.59. The van der Waals surface area contributed by atoms with Crippen LogP contribution in [0.15, 0.2) is 42.7 Å². The molecule has 1 amide bonds. The maximum Gasteiger partial charge on any atom is 0.410 e. The Labute approximate surface area is 201 Å². The second kappa shape index (κ2) is 8.13. The van der Waals surface area contributed by atoms with Crippen LogP contribution in [0, 0.1) is 0 Å². The van der Waals surface area contributed by atoms with Crippen LogP contribution in [0.4, 0.5) is 23.8 Å². The van der Waals surface area contributed by atoms with Crippen molar-refractivity contribution in [2.45, 2.75) is 63.3 Å². The van der Waals surface area contributed by atoms with Gasteiger partial charge >= 0.3 is 12.3 Å². The second-order valence-electron chi connectivity index (χ2n) is 10.3. The molecule has 1 aliphatic carbocycles. The molecule has 3 aromatic rings. The Kier molecular flexibility index (Phi) is 5.45. The molecule has 3 aromatic heterocycles. The van der Waals surface area contributed by atoms with Crippen LogP contribution >= 0.6 is 0 Å². The number of anilines is 1. The number of fused-ring (bicyclic) bond motifs is 1. The molecule has 2 fully saturated rings. The van der Waals surface area contributed by atoms with E-state index in [1.54, 1.807) is 27.6 Å². The summed E-state index contributed by atoms with van der Waals surface area (Å²) in [7, 11) is 0. The Hall–Kier alpha value is -3.30. The number of aromatic nitrogens is 3. The lowest BCUT2D eigenvalue weighted by Gasteiger charge is -2.24. The van der Waals surface area contributed by atoms with Gasteiger partial charge < -0.3 is 15.0 Å². The number of halogens is 3. The van der Waals surface area contributed by atoms with Crippen molar-refractivity contribution in [3.05, 3.63) is 48.3 Å². The Morgan fingerprint density at radius 1 is 1.17 bits per heavy atom. The number of alkyl halides is 3. The van der Waals surface area contributed by atoms with Gasteiger partial charge in [-0.3, -0.25) is 4.40 Å². The van der Waals surface area contributed by atoms with Crippen molar-refractivity contribution in [3.63, 3.8) is 0 Å². The second-order valence-corrected chi connectivity index (χ2v) is 10.3. The first-order valence-electron chi connectivity index (χ1n) is 11.7. The summed E-state index contributed by atoms with van der Waals surface area (Å²) in [4.78, 5) is 23.1. The summed E-state index contributed by atoms with van der Waals surface area (Å²) < 4.78 is 48.1. The van der Waals surface area contributed by atoms with E-state index in [4.69, 9.17) is 4.74 Å². The highest BCUT2D eigenvalue weighted by Gasteiger charge is 2.64. The van der Waals surface area contributed by atoms with Crippen LogP contribution in [0.25, 0.3) is 17.0 Å². The molecule has 5 rings (SSSR count). The standard InChI is InChI=1S/C25H28F3N5O2/c1-23(2,3)35-22(34)32-12-9-17(15-32)30-20-6-4-5-18(31-20)19-13-29-21-8-7-16(14-33(19)21)24(10-11-24)25(26,27)28/h4-8,13-14,17H,9-12,15H2,1-3H3,(H,30,31). The minimum absolute atomic E-state index is 0.0144. The number of nitrogens with zero attached hydrogens (tertiary/aromatic N) is 4. The van der Waals surface area contributed by atoms with Crippen molar-refractivity contribution >= 4 is 17.6 Å². The molecule has 35 heavy (non-hydrogen) atoms. The van der Waals surface area contributed by atoms with Crippen molar-refractivity contribution < 1.29 is 22.7 Å². The summed E-state index contributed by atoms with van der Waals surface area (Å²) in [5.41, 5.74) is -0.290. The van der Waals surface area contributed by atoms with Gasteiger partial charge in [0, 0.05) is 25.3 Å².